The third-order valence-corrected chi connectivity index (χ3v) is 4.05. The van der Waals surface area contributed by atoms with Gasteiger partial charge in [0.2, 0.25) is 0 Å². The molecule has 4 nitrogen and oxygen atoms in total. The number of nitrogens with one attached hydrogen (secondary N) is 1. The second-order valence-electron chi connectivity index (χ2n) is 3.97. The van der Waals surface area contributed by atoms with E-state index in [2.05, 4.69) is 5.32 Å². The Balaban J connectivity index is 2.01. The molecule has 1 aromatic rings. The van der Waals surface area contributed by atoms with Crippen LogP contribution in [0.15, 0.2) is 18.2 Å². The quantitative estimate of drug-likeness (QED) is 0.664. The Morgan fingerprint density at radius 3 is 3.00 bits per heavy atom. The monoisotopic (exact) mass is 256 g/mol. The van der Waals surface area contributed by atoms with E-state index in [1.54, 1.807) is 0 Å². The maximum absolute atomic E-state index is 13.1. The van der Waals surface area contributed by atoms with Gasteiger partial charge in [0, 0.05) is 23.5 Å². The average Bonchev–Trinajstić information content (AvgIpc) is 2.78. The molecule has 0 aromatic heterocycles. The number of nitrogens with zero attached hydrogens (tertiary/aromatic N) is 1. The maximum atomic E-state index is 13.1. The summed E-state index contributed by atoms with van der Waals surface area (Å²) < 4.78 is 13.1. The molecule has 0 amide bonds. The number of nitro groups is 1. The first kappa shape index (κ1) is 12.2. The smallest absolute Gasteiger partial charge is 0.274 e. The normalized spacial score (nSPS) is 19.2. The molecule has 6 heteroatoms. The van der Waals surface area contributed by atoms with E-state index in [1.165, 1.54) is 18.6 Å². The molecule has 1 saturated heterocycles. The van der Waals surface area contributed by atoms with Crippen LogP contribution in [0.4, 0.5) is 15.8 Å². The first-order valence-electron chi connectivity index (χ1n) is 5.45. The number of hydrogen-bond donors (Lipinski definition) is 1. The molecule has 1 aliphatic heterocycles. The highest BCUT2D eigenvalue weighted by molar-refractivity contribution is 8.00. The summed E-state index contributed by atoms with van der Waals surface area (Å²) >= 11 is 1.89. The molecular formula is C11H13FN2O2S. The van der Waals surface area contributed by atoms with Gasteiger partial charge in [-0.1, -0.05) is 0 Å². The van der Waals surface area contributed by atoms with Gasteiger partial charge >= 0.3 is 0 Å². The molecule has 0 spiro atoms. The van der Waals surface area contributed by atoms with Gasteiger partial charge in [0.25, 0.3) is 5.69 Å². The number of non-ortho nitro benzene ring substituents is 1. The Morgan fingerprint density at radius 1 is 1.53 bits per heavy atom. The van der Waals surface area contributed by atoms with Crippen molar-refractivity contribution in [3.05, 3.63) is 34.1 Å². The molecule has 2 rings (SSSR count). The van der Waals surface area contributed by atoms with E-state index in [-0.39, 0.29) is 5.69 Å². The minimum atomic E-state index is -0.585. The molecule has 92 valence electrons. The van der Waals surface area contributed by atoms with Gasteiger partial charge < -0.3 is 5.32 Å². The standard InChI is InChI=1S/C11H13FN2O2S/c12-8-4-9(6-10(5-8)14(15)16)13-7-11-2-1-3-17-11/h4-6,11,13H,1-3,7H2. The molecular weight excluding hydrogens is 243 g/mol. The summed E-state index contributed by atoms with van der Waals surface area (Å²) in [5, 5.41) is 14.2. The minimum absolute atomic E-state index is 0.216. The predicted octanol–water partition coefficient (Wildman–Crippen LogP) is 3.04. The molecule has 1 fully saturated rings. The number of anilines is 1. The van der Waals surface area contributed by atoms with Gasteiger partial charge in [-0.15, -0.1) is 0 Å². The van der Waals surface area contributed by atoms with Crippen LogP contribution in [0.3, 0.4) is 0 Å². The second kappa shape index (κ2) is 5.35. The Bertz CT molecular complexity index is 422. The molecule has 1 aliphatic rings. The second-order valence-corrected chi connectivity index (χ2v) is 5.38. The van der Waals surface area contributed by atoms with Crippen molar-refractivity contribution in [2.75, 3.05) is 17.6 Å². The van der Waals surface area contributed by atoms with Gasteiger partial charge in [-0.2, -0.15) is 11.8 Å². The maximum Gasteiger partial charge on any atom is 0.274 e. The van der Waals surface area contributed by atoms with Crippen LogP contribution in [-0.4, -0.2) is 22.5 Å². The first-order chi connectivity index (χ1) is 8.15. The zero-order valence-corrected chi connectivity index (χ0v) is 10.0. The van der Waals surface area contributed by atoms with Gasteiger partial charge in [-0.05, 0) is 24.7 Å². The number of hydrogen-bond acceptors (Lipinski definition) is 4. The van der Waals surface area contributed by atoms with Crippen molar-refractivity contribution < 1.29 is 9.31 Å². The van der Waals surface area contributed by atoms with Crippen molar-refractivity contribution in [3.8, 4) is 0 Å². The zero-order chi connectivity index (χ0) is 12.3. The topological polar surface area (TPSA) is 55.2 Å². The van der Waals surface area contributed by atoms with E-state index < -0.39 is 10.7 Å². The fourth-order valence-corrected chi connectivity index (χ4v) is 3.02. The molecule has 0 saturated carbocycles. The molecule has 1 aromatic carbocycles. The van der Waals surface area contributed by atoms with Crippen molar-refractivity contribution >= 4 is 23.1 Å². The summed E-state index contributed by atoms with van der Waals surface area (Å²) in [4.78, 5) is 9.99. The molecule has 1 heterocycles. The highest BCUT2D eigenvalue weighted by Crippen LogP contribution is 2.27. The fourth-order valence-electron chi connectivity index (χ4n) is 1.82. The predicted molar refractivity (Wildman–Crippen MR) is 67.0 cm³/mol. The van der Waals surface area contributed by atoms with Crippen LogP contribution in [0.5, 0.6) is 0 Å². The Morgan fingerprint density at radius 2 is 2.35 bits per heavy atom. The lowest BCUT2D eigenvalue weighted by Crippen LogP contribution is -2.13. The average molecular weight is 256 g/mol. The van der Waals surface area contributed by atoms with Gasteiger partial charge in [-0.25, -0.2) is 4.39 Å². The van der Waals surface area contributed by atoms with E-state index in [9.17, 15) is 14.5 Å². The summed E-state index contributed by atoms with van der Waals surface area (Å²) in [5.74, 6) is 0.580. The van der Waals surface area contributed by atoms with E-state index in [0.717, 1.165) is 24.8 Å². The summed E-state index contributed by atoms with van der Waals surface area (Å²) in [6.07, 6.45) is 2.36. The minimum Gasteiger partial charge on any atom is -0.384 e. The molecule has 0 aliphatic carbocycles. The number of rotatable bonds is 4. The van der Waals surface area contributed by atoms with Crippen molar-refractivity contribution in [3.63, 3.8) is 0 Å². The van der Waals surface area contributed by atoms with Crippen LogP contribution in [0.25, 0.3) is 0 Å². The lowest BCUT2D eigenvalue weighted by molar-refractivity contribution is -0.385. The van der Waals surface area contributed by atoms with Gasteiger partial charge in [0.15, 0.2) is 0 Å². The first-order valence-corrected chi connectivity index (χ1v) is 6.50. The van der Waals surface area contributed by atoms with Crippen LogP contribution in [0.1, 0.15) is 12.8 Å². The van der Waals surface area contributed by atoms with Crippen LogP contribution in [0.2, 0.25) is 0 Å². The SMILES string of the molecule is O=[N+]([O-])c1cc(F)cc(NCC2CCCS2)c1. The lowest BCUT2D eigenvalue weighted by Gasteiger charge is -2.11. The van der Waals surface area contributed by atoms with E-state index in [0.29, 0.717) is 10.9 Å². The molecule has 0 radical (unpaired) electrons. The van der Waals surface area contributed by atoms with E-state index >= 15 is 0 Å². The lowest BCUT2D eigenvalue weighted by atomic mass is 10.2. The third-order valence-electron chi connectivity index (χ3n) is 2.65. The Labute approximate surface area is 103 Å². The van der Waals surface area contributed by atoms with E-state index in [1.807, 2.05) is 11.8 Å². The Hall–Kier alpha value is -1.30. The van der Waals surface area contributed by atoms with Crippen molar-refractivity contribution in [2.45, 2.75) is 18.1 Å². The van der Waals surface area contributed by atoms with Crippen molar-refractivity contribution in [1.29, 1.82) is 0 Å². The summed E-state index contributed by atoms with van der Waals surface area (Å²) in [6, 6.07) is 3.57. The molecule has 1 atom stereocenters. The third kappa shape index (κ3) is 3.33. The highest BCUT2D eigenvalue weighted by atomic mass is 32.2. The molecule has 0 bridgehead atoms. The Kier molecular flexibility index (Phi) is 3.83. The number of halogens is 1. The highest BCUT2D eigenvalue weighted by Gasteiger charge is 2.16. The number of nitro benzene ring substituents is 1. The molecule has 17 heavy (non-hydrogen) atoms. The zero-order valence-electron chi connectivity index (χ0n) is 9.19. The number of thioether (sulfide) groups is 1. The van der Waals surface area contributed by atoms with E-state index in [4.69, 9.17) is 0 Å². The van der Waals surface area contributed by atoms with Crippen LogP contribution >= 0.6 is 11.8 Å². The van der Waals surface area contributed by atoms with Crippen LogP contribution < -0.4 is 5.32 Å². The fraction of sp³-hybridized carbons (Fsp3) is 0.455. The van der Waals surface area contributed by atoms with Gasteiger partial charge in [0.1, 0.15) is 5.82 Å². The summed E-state index contributed by atoms with van der Waals surface area (Å²) in [7, 11) is 0. The molecule has 1 N–H and O–H groups in total. The summed E-state index contributed by atoms with van der Waals surface area (Å²) in [6.45, 7) is 0.727. The van der Waals surface area contributed by atoms with Crippen molar-refractivity contribution in [2.24, 2.45) is 0 Å². The number of benzene rings is 1. The van der Waals surface area contributed by atoms with Gasteiger partial charge in [-0.3, -0.25) is 10.1 Å². The summed E-state index contributed by atoms with van der Waals surface area (Å²) in [5.41, 5.74) is 0.260. The molecule has 1 unspecified atom stereocenters. The van der Waals surface area contributed by atoms with Crippen molar-refractivity contribution in [1.82, 2.24) is 0 Å². The van der Waals surface area contributed by atoms with Gasteiger partial charge in [0.05, 0.1) is 11.0 Å². The largest absolute Gasteiger partial charge is 0.384 e. The van der Waals surface area contributed by atoms with Crippen LogP contribution in [0, 0.1) is 15.9 Å². The van der Waals surface area contributed by atoms with Crippen LogP contribution in [-0.2, 0) is 0 Å².